The summed E-state index contributed by atoms with van der Waals surface area (Å²) < 4.78 is 27.6. The van der Waals surface area contributed by atoms with E-state index in [0.29, 0.717) is 5.02 Å². The number of nitrogens with zero attached hydrogens (tertiary/aromatic N) is 1. The summed E-state index contributed by atoms with van der Waals surface area (Å²) in [5.41, 5.74) is 1.64. The molecule has 0 saturated heterocycles. The number of thiazole rings is 1. The minimum atomic E-state index is -3.52. The van der Waals surface area contributed by atoms with Crippen molar-refractivity contribution in [2.45, 2.75) is 6.54 Å². The van der Waals surface area contributed by atoms with Crippen LogP contribution in [0.15, 0.2) is 53.9 Å². The summed E-state index contributed by atoms with van der Waals surface area (Å²) in [4.78, 5) is 4.40. The van der Waals surface area contributed by atoms with E-state index in [1.54, 1.807) is 24.3 Å². The number of aromatic nitrogens is 1. The molecule has 1 aromatic heterocycles. The fourth-order valence-electron chi connectivity index (χ4n) is 1.95. The van der Waals surface area contributed by atoms with Gasteiger partial charge >= 0.3 is 0 Å². The molecule has 0 aliphatic rings. The van der Waals surface area contributed by atoms with Crippen LogP contribution in [-0.4, -0.2) is 13.4 Å². The zero-order valence-corrected chi connectivity index (χ0v) is 14.3. The fraction of sp³-hybridized carbons (Fsp3) is 0.0625. The largest absolute Gasteiger partial charge is 0.240 e. The minimum absolute atomic E-state index is 0.173. The van der Waals surface area contributed by atoms with Crippen molar-refractivity contribution in [1.82, 2.24) is 9.71 Å². The van der Waals surface area contributed by atoms with Crippen LogP contribution < -0.4 is 4.72 Å². The van der Waals surface area contributed by atoms with E-state index in [2.05, 4.69) is 9.71 Å². The van der Waals surface area contributed by atoms with Gasteiger partial charge in [0, 0.05) is 10.4 Å². The van der Waals surface area contributed by atoms with E-state index in [9.17, 15) is 8.42 Å². The van der Waals surface area contributed by atoms with Crippen molar-refractivity contribution in [2.24, 2.45) is 0 Å². The molecule has 7 heteroatoms. The number of fused-ring (bicyclic) bond motifs is 1. The Hall–Kier alpha value is -1.73. The fourth-order valence-corrected chi connectivity index (χ4v) is 3.84. The molecule has 1 N–H and O–H groups in total. The molecule has 4 nitrogen and oxygen atoms in total. The second-order valence-corrected chi connectivity index (χ2v) is 8.00. The summed E-state index contributed by atoms with van der Waals surface area (Å²) in [5.74, 6) is 0. The number of sulfonamides is 1. The molecule has 0 unspecified atom stereocenters. The number of nitrogens with one attached hydrogen (secondary N) is 1. The van der Waals surface area contributed by atoms with E-state index in [4.69, 9.17) is 11.6 Å². The zero-order valence-electron chi connectivity index (χ0n) is 11.9. The van der Waals surface area contributed by atoms with Gasteiger partial charge in [0.15, 0.2) is 0 Å². The molecule has 2 aromatic carbocycles. The third-order valence-electron chi connectivity index (χ3n) is 3.07. The SMILES string of the molecule is O=S(=O)(/C=C/c1ccc(Cl)cc1)NCc1nc2ccccc2s1. The van der Waals surface area contributed by atoms with Crippen LogP contribution >= 0.6 is 22.9 Å². The molecular formula is C16H13ClN2O2S2. The molecule has 1 heterocycles. The maximum absolute atomic E-state index is 12.0. The summed E-state index contributed by atoms with van der Waals surface area (Å²) in [5, 5.41) is 2.48. The lowest BCUT2D eigenvalue weighted by molar-refractivity contribution is 0.590. The monoisotopic (exact) mass is 364 g/mol. The lowest BCUT2D eigenvalue weighted by Gasteiger charge is -2.00. The van der Waals surface area contributed by atoms with Gasteiger partial charge in [-0.1, -0.05) is 35.9 Å². The van der Waals surface area contributed by atoms with Gasteiger partial charge in [0.2, 0.25) is 10.0 Å². The van der Waals surface area contributed by atoms with Crippen LogP contribution in [0.4, 0.5) is 0 Å². The quantitative estimate of drug-likeness (QED) is 0.743. The highest BCUT2D eigenvalue weighted by atomic mass is 35.5. The van der Waals surface area contributed by atoms with Gasteiger partial charge in [0.25, 0.3) is 0 Å². The maximum Gasteiger partial charge on any atom is 0.234 e. The minimum Gasteiger partial charge on any atom is -0.240 e. The highest BCUT2D eigenvalue weighted by molar-refractivity contribution is 7.92. The molecule has 0 saturated carbocycles. The molecule has 0 amide bonds. The Morgan fingerprint density at radius 1 is 1.13 bits per heavy atom. The Kier molecular flexibility index (Phi) is 4.77. The Balaban J connectivity index is 1.67. The molecule has 0 fully saturated rings. The van der Waals surface area contributed by atoms with Crippen molar-refractivity contribution in [3.8, 4) is 0 Å². The van der Waals surface area contributed by atoms with Gasteiger partial charge in [-0.05, 0) is 35.9 Å². The molecule has 0 bridgehead atoms. The number of hydrogen-bond acceptors (Lipinski definition) is 4. The number of rotatable bonds is 5. The van der Waals surface area contributed by atoms with Crippen LogP contribution in [-0.2, 0) is 16.6 Å². The Labute approximate surface area is 143 Å². The normalized spacial score (nSPS) is 12.2. The van der Waals surface area contributed by atoms with Crippen LogP contribution in [0, 0.1) is 0 Å². The van der Waals surface area contributed by atoms with Crippen LogP contribution in [0.5, 0.6) is 0 Å². The highest BCUT2D eigenvalue weighted by Gasteiger charge is 2.08. The van der Waals surface area contributed by atoms with Gasteiger partial charge in [-0.2, -0.15) is 0 Å². The van der Waals surface area contributed by atoms with E-state index in [-0.39, 0.29) is 6.54 Å². The molecule has 23 heavy (non-hydrogen) atoms. The molecule has 0 aliphatic heterocycles. The number of benzene rings is 2. The van der Waals surface area contributed by atoms with E-state index in [1.165, 1.54) is 17.4 Å². The van der Waals surface area contributed by atoms with Gasteiger partial charge in [-0.3, -0.25) is 0 Å². The summed E-state index contributed by atoms with van der Waals surface area (Å²) in [6.07, 6.45) is 1.52. The van der Waals surface area contributed by atoms with Crippen LogP contribution in [0.3, 0.4) is 0 Å². The van der Waals surface area contributed by atoms with Gasteiger partial charge in [-0.15, -0.1) is 11.3 Å². The number of hydrogen-bond donors (Lipinski definition) is 1. The van der Waals surface area contributed by atoms with Crippen LogP contribution in [0.2, 0.25) is 5.02 Å². The molecule has 0 radical (unpaired) electrons. The maximum atomic E-state index is 12.0. The Morgan fingerprint density at radius 3 is 2.61 bits per heavy atom. The third-order valence-corrected chi connectivity index (χ3v) is 5.40. The van der Waals surface area contributed by atoms with Gasteiger partial charge < -0.3 is 0 Å². The molecule has 3 rings (SSSR count). The van der Waals surface area contributed by atoms with Crippen molar-refractivity contribution in [3.05, 3.63) is 69.5 Å². The average molecular weight is 365 g/mol. The summed E-state index contributed by atoms with van der Waals surface area (Å²) in [6.45, 7) is 0.173. The molecular weight excluding hydrogens is 352 g/mol. The van der Waals surface area contributed by atoms with E-state index in [0.717, 1.165) is 26.2 Å². The number of halogens is 1. The lowest BCUT2D eigenvalue weighted by Crippen LogP contribution is -2.20. The molecule has 118 valence electrons. The summed E-state index contributed by atoms with van der Waals surface area (Å²) in [6, 6.07) is 14.6. The van der Waals surface area contributed by atoms with Gasteiger partial charge in [0.05, 0.1) is 16.8 Å². The highest BCUT2D eigenvalue weighted by Crippen LogP contribution is 2.21. The lowest BCUT2D eigenvalue weighted by atomic mass is 10.2. The predicted molar refractivity (Wildman–Crippen MR) is 95.9 cm³/mol. The van der Waals surface area contributed by atoms with Gasteiger partial charge in [0.1, 0.15) is 5.01 Å². The third kappa shape index (κ3) is 4.39. The van der Waals surface area contributed by atoms with Crippen molar-refractivity contribution in [3.63, 3.8) is 0 Å². The van der Waals surface area contributed by atoms with Gasteiger partial charge in [-0.25, -0.2) is 18.1 Å². The van der Waals surface area contributed by atoms with Crippen molar-refractivity contribution in [2.75, 3.05) is 0 Å². The first-order valence-corrected chi connectivity index (χ1v) is 9.54. The first-order valence-electron chi connectivity index (χ1n) is 6.80. The van der Waals surface area contributed by atoms with E-state index < -0.39 is 10.0 Å². The molecule has 3 aromatic rings. The molecule has 0 aliphatic carbocycles. The first-order chi connectivity index (χ1) is 11.0. The molecule has 0 atom stereocenters. The Morgan fingerprint density at radius 2 is 1.87 bits per heavy atom. The Bertz CT molecular complexity index is 915. The molecule has 0 spiro atoms. The summed E-state index contributed by atoms with van der Waals surface area (Å²) >= 11 is 7.27. The second kappa shape index (κ2) is 6.80. The van der Waals surface area contributed by atoms with E-state index >= 15 is 0 Å². The zero-order chi connectivity index (χ0) is 16.3. The smallest absolute Gasteiger partial charge is 0.234 e. The topological polar surface area (TPSA) is 59.1 Å². The van der Waals surface area contributed by atoms with E-state index in [1.807, 2.05) is 24.3 Å². The summed E-state index contributed by atoms with van der Waals surface area (Å²) in [7, 11) is -3.52. The van der Waals surface area contributed by atoms with Crippen molar-refractivity contribution >= 4 is 49.3 Å². The van der Waals surface area contributed by atoms with Crippen molar-refractivity contribution in [1.29, 1.82) is 0 Å². The standard InChI is InChI=1S/C16H13ClN2O2S2/c17-13-7-5-12(6-8-13)9-10-23(20,21)18-11-16-19-14-3-1-2-4-15(14)22-16/h1-10,18H,11H2/b10-9+. The first kappa shape index (κ1) is 16.1. The van der Waals surface area contributed by atoms with Crippen molar-refractivity contribution < 1.29 is 8.42 Å². The average Bonchev–Trinajstić information content (AvgIpc) is 2.96. The van der Waals surface area contributed by atoms with Crippen LogP contribution in [0.25, 0.3) is 16.3 Å². The predicted octanol–water partition coefficient (Wildman–Crippen LogP) is 4.04. The van der Waals surface area contributed by atoms with Crippen LogP contribution in [0.1, 0.15) is 10.6 Å². The second-order valence-electron chi connectivity index (χ2n) is 4.80. The number of para-hydroxylation sites is 1.